The summed E-state index contributed by atoms with van der Waals surface area (Å²) in [6, 6.07) is 8.11. The summed E-state index contributed by atoms with van der Waals surface area (Å²) in [5.41, 5.74) is 2.17. The van der Waals surface area contributed by atoms with Crippen LogP contribution in [0.4, 0.5) is 0 Å². The van der Waals surface area contributed by atoms with Crippen LogP contribution in [0.5, 0.6) is 0 Å². The van der Waals surface area contributed by atoms with Crippen LogP contribution in [-0.4, -0.2) is 16.7 Å². The van der Waals surface area contributed by atoms with E-state index in [4.69, 9.17) is 4.52 Å². The molecule has 17 heavy (non-hydrogen) atoms. The Morgan fingerprint density at radius 2 is 2.12 bits per heavy atom. The Balaban J connectivity index is 2.27. The molecule has 0 spiro atoms. The Kier molecular flexibility index (Phi) is 3.54. The molecule has 90 valence electrons. The minimum atomic E-state index is 0.0882. The lowest BCUT2D eigenvalue weighted by Crippen LogP contribution is -2.17. The highest BCUT2D eigenvalue weighted by Gasteiger charge is 2.14. The molecular weight excluding hydrogens is 214 g/mol. The maximum Gasteiger partial charge on any atom is 0.243 e. The van der Waals surface area contributed by atoms with Crippen LogP contribution in [-0.2, 0) is 0 Å². The van der Waals surface area contributed by atoms with Crippen LogP contribution in [0.15, 0.2) is 28.8 Å². The molecule has 2 rings (SSSR count). The molecule has 0 aliphatic rings. The Hall–Kier alpha value is -1.68. The van der Waals surface area contributed by atoms with E-state index in [-0.39, 0.29) is 6.04 Å². The lowest BCUT2D eigenvalue weighted by molar-refractivity contribution is 0.342. The van der Waals surface area contributed by atoms with E-state index in [0.717, 1.165) is 17.7 Å². The standard InChI is InChI=1S/C13H17N3O/c1-4-14-10(3)13-15-12(16-17-13)11-8-6-5-7-9(11)2/h5-8,10,14H,4H2,1-3H3. The molecule has 0 saturated heterocycles. The Morgan fingerprint density at radius 3 is 2.82 bits per heavy atom. The SMILES string of the molecule is CCNC(C)c1nc(-c2ccccc2C)no1. The molecule has 0 fully saturated rings. The molecule has 2 aromatic rings. The summed E-state index contributed by atoms with van der Waals surface area (Å²) in [7, 11) is 0. The van der Waals surface area contributed by atoms with Gasteiger partial charge in [-0.3, -0.25) is 0 Å². The van der Waals surface area contributed by atoms with E-state index < -0.39 is 0 Å². The Bertz CT molecular complexity index is 493. The van der Waals surface area contributed by atoms with Gasteiger partial charge in [-0.1, -0.05) is 36.3 Å². The van der Waals surface area contributed by atoms with Gasteiger partial charge in [-0.15, -0.1) is 0 Å². The van der Waals surface area contributed by atoms with E-state index >= 15 is 0 Å². The molecule has 4 heteroatoms. The first-order chi connectivity index (χ1) is 8.22. The van der Waals surface area contributed by atoms with Crippen LogP contribution in [0.3, 0.4) is 0 Å². The fourth-order valence-corrected chi connectivity index (χ4v) is 1.74. The highest BCUT2D eigenvalue weighted by Crippen LogP contribution is 2.21. The summed E-state index contributed by atoms with van der Waals surface area (Å²) in [4.78, 5) is 4.42. The van der Waals surface area contributed by atoms with Gasteiger partial charge in [-0.2, -0.15) is 4.98 Å². The molecule has 1 heterocycles. The summed E-state index contributed by atoms with van der Waals surface area (Å²) in [5.74, 6) is 1.29. The van der Waals surface area contributed by atoms with Gasteiger partial charge in [0.2, 0.25) is 11.7 Å². The van der Waals surface area contributed by atoms with Gasteiger partial charge in [0.15, 0.2) is 0 Å². The first-order valence-electron chi connectivity index (χ1n) is 5.85. The van der Waals surface area contributed by atoms with E-state index in [1.807, 2.05) is 38.1 Å². The van der Waals surface area contributed by atoms with Crippen LogP contribution in [0, 0.1) is 6.92 Å². The second kappa shape index (κ2) is 5.10. The summed E-state index contributed by atoms with van der Waals surface area (Å²) < 4.78 is 5.26. The van der Waals surface area contributed by atoms with Gasteiger partial charge in [-0.05, 0) is 26.0 Å². The summed E-state index contributed by atoms with van der Waals surface area (Å²) >= 11 is 0. The monoisotopic (exact) mass is 231 g/mol. The van der Waals surface area contributed by atoms with Crippen molar-refractivity contribution in [2.24, 2.45) is 0 Å². The third-order valence-electron chi connectivity index (χ3n) is 2.71. The molecule has 4 nitrogen and oxygen atoms in total. The number of nitrogens with zero attached hydrogens (tertiary/aromatic N) is 2. The van der Waals surface area contributed by atoms with Crippen molar-refractivity contribution in [2.45, 2.75) is 26.8 Å². The molecule has 1 atom stereocenters. The third kappa shape index (κ3) is 2.53. The zero-order valence-electron chi connectivity index (χ0n) is 10.4. The molecule has 0 saturated carbocycles. The van der Waals surface area contributed by atoms with Crippen molar-refractivity contribution < 1.29 is 4.52 Å². The highest BCUT2D eigenvalue weighted by molar-refractivity contribution is 5.58. The Morgan fingerprint density at radius 1 is 1.35 bits per heavy atom. The average molecular weight is 231 g/mol. The third-order valence-corrected chi connectivity index (χ3v) is 2.71. The fraction of sp³-hybridized carbons (Fsp3) is 0.385. The highest BCUT2D eigenvalue weighted by atomic mass is 16.5. The number of aromatic nitrogens is 2. The second-order valence-corrected chi connectivity index (χ2v) is 4.05. The van der Waals surface area contributed by atoms with Gasteiger partial charge in [-0.25, -0.2) is 0 Å². The first kappa shape index (κ1) is 11.8. The zero-order chi connectivity index (χ0) is 12.3. The summed E-state index contributed by atoms with van der Waals surface area (Å²) in [6.07, 6.45) is 0. The molecule has 0 aliphatic heterocycles. The van der Waals surface area contributed by atoms with E-state index in [9.17, 15) is 0 Å². The lowest BCUT2D eigenvalue weighted by atomic mass is 10.1. The number of hydrogen-bond acceptors (Lipinski definition) is 4. The molecule has 0 radical (unpaired) electrons. The lowest BCUT2D eigenvalue weighted by Gasteiger charge is -2.05. The number of hydrogen-bond donors (Lipinski definition) is 1. The molecule has 0 aliphatic carbocycles. The average Bonchev–Trinajstić information content (AvgIpc) is 2.79. The van der Waals surface area contributed by atoms with Gasteiger partial charge in [0.05, 0.1) is 6.04 Å². The van der Waals surface area contributed by atoms with Gasteiger partial charge in [0.25, 0.3) is 0 Å². The largest absolute Gasteiger partial charge is 0.337 e. The van der Waals surface area contributed by atoms with E-state index in [0.29, 0.717) is 11.7 Å². The van der Waals surface area contributed by atoms with Gasteiger partial charge < -0.3 is 9.84 Å². The molecular formula is C13H17N3O. The van der Waals surface area contributed by atoms with Crippen LogP contribution >= 0.6 is 0 Å². The maximum atomic E-state index is 5.26. The number of nitrogens with one attached hydrogen (secondary N) is 1. The molecule has 1 aromatic heterocycles. The predicted octanol–water partition coefficient (Wildman–Crippen LogP) is 2.72. The minimum Gasteiger partial charge on any atom is -0.337 e. The maximum absolute atomic E-state index is 5.26. The Labute approximate surface area is 101 Å². The van der Waals surface area contributed by atoms with E-state index in [2.05, 4.69) is 22.4 Å². The van der Waals surface area contributed by atoms with E-state index in [1.54, 1.807) is 0 Å². The molecule has 1 aromatic carbocycles. The smallest absolute Gasteiger partial charge is 0.243 e. The van der Waals surface area contributed by atoms with Crippen molar-refractivity contribution in [2.75, 3.05) is 6.54 Å². The molecule has 0 amide bonds. The second-order valence-electron chi connectivity index (χ2n) is 4.05. The minimum absolute atomic E-state index is 0.0882. The van der Waals surface area contributed by atoms with Crippen molar-refractivity contribution in [1.29, 1.82) is 0 Å². The van der Waals surface area contributed by atoms with Crippen molar-refractivity contribution in [3.63, 3.8) is 0 Å². The first-order valence-corrected chi connectivity index (χ1v) is 5.85. The van der Waals surface area contributed by atoms with Crippen molar-refractivity contribution in [3.05, 3.63) is 35.7 Å². The van der Waals surface area contributed by atoms with Gasteiger partial charge in [0, 0.05) is 5.56 Å². The quantitative estimate of drug-likeness (QED) is 0.879. The molecule has 0 bridgehead atoms. The summed E-state index contributed by atoms with van der Waals surface area (Å²) in [6.45, 7) is 6.98. The zero-order valence-corrected chi connectivity index (χ0v) is 10.4. The normalized spacial score (nSPS) is 12.6. The van der Waals surface area contributed by atoms with Gasteiger partial charge in [0.1, 0.15) is 0 Å². The number of aryl methyl sites for hydroxylation is 1. The van der Waals surface area contributed by atoms with Gasteiger partial charge >= 0.3 is 0 Å². The number of rotatable bonds is 4. The molecule has 1 unspecified atom stereocenters. The summed E-state index contributed by atoms with van der Waals surface area (Å²) in [5, 5.41) is 7.27. The van der Waals surface area contributed by atoms with Crippen molar-refractivity contribution >= 4 is 0 Å². The van der Waals surface area contributed by atoms with Crippen molar-refractivity contribution in [3.8, 4) is 11.4 Å². The van der Waals surface area contributed by atoms with E-state index in [1.165, 1.54) is 0 Å². The van der Waals surface area contributed by atoms with Crippen LogP contribution in [0.25, 0.3) is 11.4 Å². The molecule has 1 N–H and O–H groups in total. The topological polar surface area (TPSA) is 51.0 Å². The fourth-order valence-electron chi connectivity index (χ4n) is 1.74. The predicted molar refractivity (Wildman–Crippen MR) is 66.6 cm³/mol. The van der Waals surface area contributed by atoms with Crippen molar-refractivity contribution in [1.82, 2.24) is 15.5 Å². The van der Waals surface area contributed by atoms with Crippen LogP contribution in [0.2, 0.25) is 0 Å². The number of benzene rings is 1. The van der Waals surface area contributed by atoms with Crippen LogP contribution < -0.4 is 5.32 Å². The van der Waals surface area contributed by atoms with Crippen LogP contribution in [0.1, 0.15) is 31.3 Å².